The number of benzene rings is 2. The summed E-state index contributed by atoms with van der Waals surface area (Å²) >= 11 is 0.928. The number of carboxylic acid groups (broad SMARTS) is 1. The average Bonchev–Trinajstić information content (AvgIpc) is 2.97. The van der Waals surface area contributed by atoms with Crippen molar-refractivity contribution in [1.29, 1.82) is 5.26 Å². The van der Waals surface area contributed by atoms with E-state index in [1.54, 1.807) is 6.92 Å². The lowest BCUT2D eigenvalue weighted by molar-refractivity contribution is 0.0701. The van der Waals surface area contributed by atoms with Gasteiger partial charge in [-0.3, -0.25) is 0 Å². The molecule has 3 rings (SSSR count). The fraction of sp³-hybridized carbons (Fsp3) is 0.0556. The van der Waals surface area contributed by atoms with E-state index in [0.717, 1.165) is 17.4 Å². The van der Waals surface area contributed by atoms with Crippen molar-refractivity contribution in [3.63, 3.8) is 0 Å². The predicted octanol–water partition coefficient (Wildman–Crippen LogP) is 4.63. The molecule has 1 aromatic heterocycles. The van der Waals surface area contributed by atoms with Crippen LogP contribution in [0.15, 0.2) is 36.4 Å². The molecule has 0 radical (unpaired) electrons. The van der Waals surface area contributed by atoms with E-state index < -0.39 is 17.6 Å². The number of hydrogen-bond donors (Lipinski definition) is 1. The smallest absolute Gasteiger partial charge is 0.347 e. The molecule has 25 heavy (non-hydrogen) atoms. The highest BCUT2D eigenvalue weighted by Gasteiger charge is 2.17. The van der Waals surface area contributed by atoms with Crippen LogP contribution in [0, 0.1) is 29.9 Å². The van der Waals surface area contributed by atoms with Gasteiger partial charge in [-0.1, -0.05) is 12.1 Å². The number of hydrogen-bond acceptors (Lipinski definition) is 4. The highest BCUT2D eigenvalue weighted by molar-refractivity contribution is 7.17. The zero-order valence-corrected chi connectivity index (χ0v) is 13.6. The van der Waals surface area contributed by atoms with Gasteiger partial charge in [0.25, 0.3) is 0 Å². The summed E-state index contributed by atoms with van der Waals surface area (Å²) in [4.78, 5) is 15.4. The summed E-state index contributed by atoms with van der Waals surface area (Å²) in [5.41, 5.74) is 0.721. The van der Waals surface area contributed by atoms with Gasteiger partial charge < -0.3 is 5.11 Å². The molecule has 0 unspecified atom stereocenters. The molecule has 1 heterocycles. The minimum atomic E-state index is -1.11. The number of carboxylic acids is 1. The molecule has 0 bridgehead atoms. The minimum Gasteiger partial charge on any atom is -0.477 e. The van der Waals surface area contributed by atoms with Gasteiger partial charge in [0.1, 0.15) is 21.5 Å². The maximum atomic E-state index is 14.1. The van der Waals surface area contributed by atoms with E-state index in [1.165, 1.54) is 18.2 Å². The first-order valence-corrected chi connectivity index (χ1v) is 7.84. The summed E-state index contributed by atoms with van der Waals surface area (Å²) in [5.74, 6) is -2.74. The van der Waals surface area contributed by atoms with Gasteiger partial charge in [-0.25, -0.2) is 18.6 Å². The first-order valence-electron chi connectivity index (χ1n) is 7.53. The first kappa shape index (κ1) is 15.4. The first-order chi connectivity index (χ1) is 12.3. The van der Waals surface area contributed by atoms with Crippen molar-refractivity contribution in [2.24, 2.45) is 0 Å². The Balaban J connectivity index is 2.19. The molecule has 0 saturated carbocycles. The van der Waals surface area contributed by atoms with Crippen molar-refractivity contribution in [1.82, 2.24) is 4.98 Å². The van der Waals surface area contributed by atoms with Crippen molar-refractivity contribution in [3.05, 3.63) is 64.1 Å². The summed E-state index contributed by atoms with van der Waals surface area (Å²) < 4.78 is 35.4. The molecule has 1 N–H and O–H groups in total. The van der Waals surface area contributed by atoms with Crippen LogP contribution in [0.4, 0.5) is 8.78 Å². The second-order valence-electron chi connectivity index (χ2n) is 5.15. The Hall–Kier alpha value is -3.11. The number of thiazole rings is 1. The second kappa shape index (κ2) is 6.42. The van der Waals surface area contributed by atoms with Crippen LogP contribution in [0.1, 0.15) is 22.3 Å². The number of carbonyl (C=O) groups is 1. The monoisotopic (exact) mass is 357 g/mol. The maximum Gasteiger partial charge on any atom is 0.347 e. The topological polar surface area (TPSA) is 74.0 Å². The highest BCUT2D eigenvalue weighted by Crippen LogP contribution is 2.33. The highest BCUT2D eigenvalue weighted by atomic mass is 32.1. The van der Waals surface area contributed by atoms with Gasteiger partial charge in [0.2, 0.25) is 0 Å². The lowest BCUT2D eigenvalue weighted by Crippen LogP contribution is -1.94. The zero-order valence-electron chi connectivity index (χ0n) is 13.8. The molecule has 4 nitrogen and oxygen atoms in total. The molecular weight excluding hydrogens is 346 g/mol. The Morgan fingerprint density at radius 3 is 2.68 bits per heavy atom. The van der Waals surface area contributed by atoms with Crippen molar-refractivity contribution < 1.29 is 20.1 Å². The van der Waals surface area contributed by atoms with E-state index in [4.69, 9.17) is 6.48 Å². The predicted molar refractivity (Wildman–Crippen MR) is 89.3 cm³/mol. The van der Waals surface area contributed by atoms with Crippen LogP contribution in [0.2, 0.25) is 0 Å². The lowest BCUT2D eigenvalue weighted by Gasteiger charge is -2.07. The van der Waals surface area contributed by atoms with E-state index in [1.807, 2.05) is 6.07 Å². The summed E-state index contributed by atoms with van der Waals surface area (Å²) in [6, 6.07) is 7.48. The fourth-order valence-electron chi connectivity index (χ4n) is 2.34. The van der Waals surface area contributed by atoms with Gasteiger partial charge in [0, 0.05) is 22.8 Å². The fourth-order valence-corrected chi connectivity index (χ4v) is 3.23. The molecule has 0 fully saturated rings. The molecule has 0 aliphatic rings. The van der Waals surface area contributed by atoms with E-state index in [9.17, 15) is 18.8 Å². The van der Waals surface area contributed by atoms with E-state index in [-0.39, 0.29) is 27.6 Å². The number of nitrogens with zero attached hydrogens (tertiary/aromatic N) is 2. The van der Waals surface area contributed by atoms with Crippen LogP contribution in [-0.2, 0) is 0 Å². The number of aryl methyl sites for hydroxylation is 1. The Morgan fingerprint density at radius 1 is 1.32 bits per heavy atom. The Morgan fingerprint density at radius 2 is 2.08 bits per heavy atom. The van der Waals surface area contributed by atoms with Crippen LogP contribution >= 0.6 is 11.3 Å². The third-order valence-corrected chi connectivity index (χ3v) is 4.69. The van der Waals surface area contributed by atoms with E-state index in [2.05, 4.69) is 4.98 Å². The Labute approximate surface area is 147 Å². The molecule has 3 aromatic rings. The van der Waals surface area contributed by atoms with Crippen LogP contribution < -0.4 is 0 Å². The molecule has 0 spiro atoms. The van der Waals surface area contributed by atoms with Crippen molar-refractivity contribution in [3.8, 4) is 27.8 Å². The number of rotatable bonds is 3. The number of halogens is 2. The van der Waals surface area contributed by atoms with Crippen molar-refractivity contribution >= 4 is 17.3 Å². The van der Waals surface area contributed by atoms with Gasteiger partial charge >= 0.3 is 5.97 Å². The quantitative estimate of drug-likeness (QED) is 0.741. The lowest BCUT2D eigenvalue weighted by atomic mass is 9.98. The van der Waals surface area contributed by atoms with Gasteiger partial charge in [0.05, 0.1) is 18.7 Å². The van der Waals surface area contributed by atoms with E-state index >= 15 is 0 Å². The van der Waals surface area contributed by atoms with Crippen LogP contribution in [0.3, 0.4) is 0 Å². The summed E-state index contributed by atoms with van der Waals surface area (Å²) in [6.45, 7) is 1.55. The van der Waals surface area contributed by atoms with Gasteiger partial charge in [-0.15, -0.1) is 11.3 Å². The summed E-state index contributed by atoms with van der Waals surface area (Å²) in [5, 5.41) is 18.9. The van der Waals surface area contributed by atoms with E-state index in [0.29, 0.717) is 22.3 Å². The Bertz CT molecular complexity index is 1090. The summed E-state index contributed by atoms with van der Waals surface area (Å²) in [6.07, 6.45) is 0. The largest absolute Gasteiger partial charge is 0.477 e. The number of aromatic carboxylic acids is 1. The zero-order chi connectivity index (χ0) is 19.0. The second-order valence-corrected chi connectivity index (χ2v) is 6.15. The molecular formula is C18H10F2N2O2S. The molecule has 2 aromatic carbocycles. The number of aromatic nitrogens is 1. The molecule has 0 atom stereocenters. The van der Waals surface area contributed by atoms with Crippen molar-refractivity contribution in [2.45, 2.75) is 6.92 Å². The molecule has 0 aliphatic heterocycles. The third kappa shape index (κ3) is 3.12. The molecule has 124 valence electrons. The number of nitriles is 1. The third-order valence-electron chi connectivity index (χ3n) is 3.50. The normalized spacial score (nSPS) is 11.0. The average molecular weight is 357 g/mol. The molecule has 0 aliphatic carbocycles. The van der Waals surface area contributed by atoms with Crippen LogP contribution in [0.5, 0.6) is 0 Å². The van der Waals surface area contributed by atoms with Crippen LogP contribution in [0.25, 0.3) is 21.7 Å². The van der Waals surface area contributed by atoms with Gasteiger partial charge in [-0.2, -0.15) is 5.26 Å². The Kier molecular flexibility index (Phi) is 3.96. The van der Waals surface area contributed by atoms with Gasteiger partial charge in [0.15, 0.2) is 0 Å². The molecule has 0 amide bonds. The van der Waals surface area contributed by atoms with Crippen LogP contribution in [-0.4, -0.2) is 16.1 Å². The standard InChI is InChI=1S/C18H10F2N2O2S/c1-9-16(18(23)24)25-17(22-9)10-2-4-13(11(6-10)8-21)14-5-3-12(19)7-15(14)20/h2-7H,1H3,(H,23,24)/i4D. The molecule has 0 saturated heterocycles. The molecule has 7 heteroatoms. The van der Waals surface area contributed by atoms with Gasteiger partial charge in [-0.05, 0) is 25.1 Å². The minimum absolute atomic E-state index is 0.0164. The summed E-state index contributed by atoms with van der Waals surface area (Å²) in [7, 11) is 0. The van der Waals surface area contributed by atoms with Crippen molar-refractivity contribution in [2.75, 3.05) is 0 Å². The SMILES string of the molecule is [2H]c1cc(-c2nc(C)c(C(=O)O)s2)cc(C#N)c1-c1ccc(F)cc1F. The maximum absolute atomic E-state index is 14.1.